The van der Waals surface area contributed by atoms with Crippen molar-refractivity contribution in [2.45, 2.75) is 20.0 Å². The van der Waals surface area contributed by atoms with Crippen LogP contribution in [0.25, 0.3) is 22.4 Å². The predicted molar refractivity (Wildman–Crippen MR) is 117 cm³/mol. The summed E-state index contributed by atoms with van der Waals surface area (Å²) in [4.78, 5) is 21.0. The molecule has 3 aromatic carbocycles. The molecule has 4 aromatic rings. The first-order valence-electron chi connectivity index (χ1n) is 9.33. The molecule has 5 nitrogen and oxygen atoms in total. The zero-order chi connectivity index (χ0) is 20.4. The second-order valence-corrected chi connectivity index (χ2v) is 7.35. The van der Waals surface area contributed by atoms with Crippen LogP contribution >= 0.6 is 11.6 Å². The molecule has 0 unspecified atom stereocenters. The van der Waals surface area contributed by atoms with Gasteiger partial charge in [-0.05, 0) is 56.3 Å². The van der Waals surface area contributed by atoms with Gasteiger partial charge in [-0.3, -0.25) is 4.79 Å². The molecule has 0 aliphatic carbocycles. The van der Waals surface area contributed by atoms with Crippen LogP contribution in [-0.2, 0) is 0 Å². The number of ether oxygens (including phenoxy) is 1. The van der Waals surface area contributed by atoms with E-state index in [-0.39, 0.29) is 12.0 Å². The first kappa shape index (κ1) is 19.0. The lowest BCUT2D eigenvalue weighted by atomic mass is 10.1. The van der Waals surface area contributed by atoms with Crippen LogP contribution in [0, 0.1) is 0 Å². The summed E-state index contributed by atoms with van der Waals surface area (Å²) in [6.45, 7) is 3.82. The quantitative estimate of drug-likeness (QED) is 0.433. The van der Waals surface area contributed by atoms with Gasteiger partial charge in [0.1, 0.15) is 11.6 Å². The van der Waals surface area contributed by atoms with Gasteiger partial charge in [-0.1, -0.05) is 35.9 Å². The number of anilines is 1. The number of benzene rings is 3. The standard InChI is InChI=1S/C23H20ClN3O2/c1-14(2)29-21-12-11-15(24)13-17(21)23(28)27-18-8-4-3-7-16(18)22-25-19-9-5-6-10-20(19)26-22/h3-14H,1-2H3,(H,25,26)(H,27,28). The Kier molecular flexibility index (Phi) is 5.23. The van der Waals surface area contributed by atoms with Crippen LogP contribution in [0.3, 0.4) is 0 Å². The van der Waals surface area contributed by atoms with E-state index in [1.165, 1.54) is 0 Å². The summed E-state index contributed by atoms with van der Waals surface area (Å²) in [6.07, 6.45) is -0.0643. The maximum atomic E-state index is 13.0. The van der Waals surface area contributed by atoms with Crippen molar-refractivity contribution >= 4 is 34.2 Å². The molecule has 0 aliphatic heterocycles. The normalized spacial score (nSPS) is 11.0. The molecule has 1 aromatic heterocycles. The molecule has 2 N–H and O–H groups in total. The number of para-hydroxylation sites is 3. The van der Waals surface area contributed by atoms with Crippen LogP contribution < -0.4 is 10.1 Å². The maximum Gasteiger partial charge on any atom is 0.259 e. The molecule has 0 bridgehead atoms. The van der Waals surface area contributed by atoms with Gasteiger partial charge in [0.15, 0.2) is 0 Å². The SMILES string of the molecule is CC(C)Oc1ccc(Cl)cc1C(=O)Nc1ccccc1-c1nc2ccccc2[nH]1. The van der Waals surface area contributed by atoms with Crippen LogP contribution in [-0.4, -0.2) is 22.0 Å². The molecule has 0 atom stereocenters. The zero-order valence-electron chi connectivity index (χ0n) is 16.1. The van der Waals surface area contributed by atoms with Crippen LogP contribution in [0.5, 0.6) is 5.75 Å². The van der Waals surface area contributed by atoms with E-state index < -0.39 is 0 Å². The minimum absolute atomic E-state index is 0.0643. The third-order valence-electron chi connectivity index (χ3n) is 4.37. The molecule has 0 fully saturated rings. The van der Waals surface area contributed by atoms with Crippen molar-refractivity contribution in [3.8, 4) is 17.1 Å². The summed E-state index contributed by atoms with van der Waals surface area (Å²) in [5.41, 5.74) is 3.63. The van der Waals surface area contributed by atoms with Gasteiger partial charge in [-0.25, -0.2) is 4.98 Å². The minimum Gasteiger partial charge on any atom is -0.490 e. The topological polar surface area (TPSA) is 67.0 Å². The summed E-state index contributed by atoms with van der Waals surface area (Å²) in [5, 5.41) is 3.44. The Morgan fingerprint density at radius 2 is 1.83 bits per heavy atom. The lowest BCUT2D eigenvalue weighted by Gasteiger charge is -2.15. The minimum atomic E-state index is -0.299. The number of imidazole rings is 1. The van der Waals surface area contributed by atoms with Crippen molar-refractivity contribution in [2.24, 2.45) is 0 Å². The van der Waals surface area contributed by atoms with Gasteiger partial charge >= 0.3 is 0 Å². The molecule has 6 heteroatoms. The zero-order valence-corrected chi connectivity index (χ0v) is 16.8. The van der Waals surface area contributed by atoms with Gasteiger partial charge in [0.2, 0.25) is 0 Å². The molecule has 0 saturated heterocycles. The highest BCUT2D eigenvalue weighted by Crippen LogP contribution is 2.30. The Hall–Kier alpha value is -3.31. The van der Waals surface area contributed by atoms with Gasteiger partial charge in [0, 0.05) is 10.6 Å². The van der Waals surface area contributed by atoms with Crippen molar-refractivity contribution < 1.29 is 9.53 Å². The fourth-order valence-electron chi connectivity index (χ4n) is 3.10. The van der Waals surface area contributed by atoms with Crippen molar-refractivity contribution in [3.63, 3.8) is 0 Å². The highest BCUT2D eigenvalue weighted by atomic mass is 35.5. The monoisotopic (exact) mass is 405 g/mol. The summed E-state index contributed by atoms with van der Waals surface area (Å²) in [6, 6.07) is 20.4. The number of carbonyl (C=O) groups is 1. The number of halogens is 1. The second-order valence-electron chi connectivity index (χ2n) is 6.91. The number of nitrogens with one attached hydrogen (secondary N) is 2. The van der Waals surface area contributed by atoms with Gasteiger partial charge in [-0.15, -0.1) is 0 Å². The Labute approximate surface area is 173 Å². The first-order valence-corrected chi connectivity index (χ1v) is 9.71. The maximum absolute atomic E-state index is 13.0. The molecule has 146 valence electrons. The third-order valence-corrected chi connectivity index (χ3v) is 4.60. The van der Waals surface area contributed by atoms with Gasteiger partial charge in [0.25, 0.3) is 5.91 Å². The third kappa shape index (κ3) is 4.10. The Bertz CT molecular complexity index is 1150. The molecule has 0 saturated carbocycles. The number of rotatable bonds is 5. The number of nitrogens with zero attached hydrogens (tertiary/aromatic N) is 1. The van der Waals surface area contributed by atoms with E-state index in [1.807, 2.05) is 62.4 Å². The van der Waals surface area contributed by atoms with Gasteiger partial charge < -0.3 is 15.0 Å². The van der Waals surface area contributed by atoms with Crippen LogP contribution in [0.1, 0.15) is 24.2 Å². The van der Waals surface area contributed by atoms with Crippen LogP contribution in [0.2, 0.25) is 5.02 Å². The largest absolute Gasteiger partial charge is 0.490 e. The molecule has 1 heterocycles. The molecule has 29 heavy (non-hydrogen) atoms. The lowest BCUT2D eigenvalue weighted by Crippen LogP contribution is -2.16. The predicted octanol–water partition coefficient (Wildman–Crippen LogP) is 5.92. The van der Waals surface area contributed by atoms with Crippen molar-refractivity contribution in [3.05, 3.63) is 77.3 Å². The van der Waals surface area contributed by atoms with Gasteiger partial charge in [0.05, 0.1) is 28.4 Å². The summed E-state index contributed by atoms with van der Waals surface area (Å²) in [7, 11) is 0. The number of aromatic amines is 1. The van der Waals surface area contributed by atoms with Crippen molar-refractivity contribution in [1.82, 2.24) is 9.97 Å². The van der Waals surface area contributed by atoms with Gasteiger partial charge in [-0.2, -0.15) is 0 Å². The number of hydrogen-bond donors (Lipinski definition) is 2. The fraction of sp³-hybridized carbons (Fsp3) is 0.130. The van der Waals surface area contributed by atoms with Crippen molar-refractivity contribution in [2.75, 3.05) is 5.32 Å². The smallest absolute Gasteiger partial charge is 0.259 e. The summed E-state index contributed by atoms with van der Waals surface area (Å²) < 4.78 is 5.78. The molecular weight excluding hydrogens is 386 g/mol. The molecule has 0 spiro atoms. The number of amides is 1. The van der Waals surface area contributed by atoms with E-state index in [0.29, 0.717) is 27.8 Å². The average molecular weight is 406 g/mol. The van der Waals surface area contributed by atoms with E-state index in [2.05, 4.69) is 15.3 Å². The van der Waals surface area contributed by atoms with E-state index in [4.69, 9.17) is 16.3 Å². The molecule has 1 amide bonds. The number of fused-ring (bicyclic) bond motifs is 1. The van der Waals surface area contributed by atoms with E-state index in [1.54, 1.807) is 18.2 Å². The fourth-order valence-corrected chi connectivity index (χ4v) is 3.28. The molecule has 0 aliphatic rings. The average Bonchev–Trinajstić information content (AvgIpc) is 3.13. The lowest BCUT2D eigenvalue weighted by molar-refractivity contribution is 0.102. The van der Waals surface area contributed by atoms with Crippen molar-refractivity contribution in [1.29, 1.82) is 0 Å². The van der Waals surface area contributed by atoms with E-state index >= 15 is 0 Å². The highest BCUT2D eigenvalue weighted by Gasteiger charge is 2.17. The number of carbonyl (C=O) groups excluding carboxylic acids is 1. The Morgan fingerprint density at radius 1 is 1.07 bits per heavy atom. The molecule has 4 rings (SSSR count). The van der Waals surface area contributed by atoms with Crippen LogP contribution in [0.15, 0.2) is 66.7 Å². The summed E-state index contributed by atoms with van der Waals surface area (Å²) in [5.74, 6) is 0.877. The van der Waals surface area contributed by atoms with Crippen LogP contribution in [0.4, 0.5) is 5.69 Å². The van der Waals surface area contributed by atoms with E-state index in [0.717, 1.165) is 16.6 Å². The number of aromatic nitrogens is 2. The Morgan fingerprint density at radius 3 is 2.62 bits per heavy atom. The molecular formula is C23H20ClN3O2. The second kappa shape index (κ2) is 7.97. The molecule has 0 radical (unpaired) electrons. The summed E-state index contributed by atoms with van der Waals surface area (Å²) >= 11 is 6.12. The van der Waals surface area contributed by atoms with E-state index in [9.17, 15) is 4.79 Å². The number of H-pyrrole nitrogens is 1. The highest BCUT2D eigenvalue weighted by molar-refractivity contribution is 6.31. The number of hydrogen-bond acceptors (Lipinski definition) is 3. The Balaban J connectivity index is 1.69. The first-order chi connectivity index (χ1) is 14.0.